The van der Waals surface area contributed by atoms with E-state index in [0.717, 1.165) is 17.5 Å². The van der Waals surface area contributed by atoms with Crippen molar-refractivity contribution in [1.82, 2.24) is 0 Å². The summed E-state index contributed by atoms with van der Waals surface area (Å²) in [5.41, 5.74) is 9.55. The van der Waals surface area contributed by atoms with Crippen LogP contribution in [0.5, 0.6) is 0 Å². The molecule has 0 heterocycles. The van der Waals surface area contributed by atoms with Gasteiger partial charge in [0.05, 0.1) is 0 Å². The third kappa shape index (κ3) is 1.86. The number of anilines is 1. The largest absolute Gasteiger partial charge is 0.398 e. The van der Waals surface area contributed by atoms with Crippen molar-refractivity contribution in [3.05, 3.63) is 28.8 Å². The Labute approximate surface area is 103 Å². The second-order valence-electron chi connectivity index (χ2n) is 6.74. The van der Waals surface area contributed by atoms with Gasteiger partial charge < -0.3 is 5.73 Å². The maximum atomic E-state index is 12.2. The van der Waals surface area contributed by atoms with Crippen LogP contribution in [0.25, 0.3) is 0 Å². The van der Waals surface area contributed by atoms with Crippen molar-refractivity contribution in [3.63, 3.8) is 0 Å². The number of hydrogen-bond donors (Lipinski definition) is 1. The lowest BCUT2D eigenvalue weighted by Crippen LogP contribution is -2.19. The van der Waals surface area contributed by atoms with E-state index < -0.39 is 0 Å². The molecule has 0 atom stereocenters. The summed E-state index contributed by atoms with van der Waals surface area (Å²) in [6.07, 6.45) is 0.801. The Morgan fingerprint density at radius 3 is 2.35 bits per heavy atom. The smallest absolute Gasteiger partial charge is 0.171 e. The summed E-state index contributed by atoms with van der Waals surface area (Å²) in [6.45, 7) is 10.5. The standard InChI is InChI=1S/C15H21NO/c1-14(2,3)10-6-9-8-15(4,5)13(17)12(9)11(16)7-10/h6-7H,8,16H2,1-5H3. The first-order valence-electron chi connectivity index (χ1n) is 6.10. The molecule has 0 amide bonds. The number of Topliss-reactive ketones (excluding diaryl/α,β-unsaturated/α-hetero) is 1. The first-order chi connectivity index (χ1) is 7.63. The van der Waals surface area contributed by atoms with E-state index in [1.54, 1.807) is 0 Å². The predicted molar refractivity (Wildman–Crippen MR) is 71.4 cm³/mol. The van der Waals surface area contributed by atoms with Crippen LogP contribution < -0.4 is 5.73 Å². The molecule has 0 bridgehead atoms. The molecule has 0 saturated carbocycles. The van der Waals surface area contributed by atoms with Crippen LogP contribution in [-0.2, 0) is 11.8 Å². The fraction of sp³-hybridized carbons (Fsp3) is 0.533. The molecular formula is C15H21NO. The highest BCUT2D eigenvalue weighted by Crippen LogP contribution is 2.41. The number of ketones is 1. The van der Waals surface area contributed by atoms with Gasteiger partial charge in [-0.15, -0.1) is 0 Å². The van der Waals surface area contributed by atoms with Crippen LogP contribution in [0, 0.1) is 5.41 Å². The Morgan fingerprint density at radius 2 is 1.82 bits per heavy atom. The van der Waals surface area contributed by atoms with Gasteiger partial charge in [0.2, 0.25) is 0 Å². The first kappa shape index (κ1) is 12.2. The zero-order valence-corrected chi connectivity index (χ0v) is 11.3. The van der Waals surface area contributed by atoms with Crippen molar-refractivity contribution >= 4 is 11.5 Å². The second kappa shape index (κ2) is 3.34. The van der Waals surface area contributed by atoms with Crippen LogP contribution in [0.15, 0.2) is 12.1 Å². The van der Waals surface area contributed by atoms with Crippen LogP contribution in [0.4, 0.5) is 5.69 Å². The molecule has 2 N–H and O–H groups in total. The second-order valence-corrected chi connectivity index (χ2v) is 6.74. The van der Waals surface area contributed by atoms with E-state index in [4.69, 9.17) is 5.73 Å². The van der Waals surface area contributed by atoms with E-state index in [2.05, 4.69) is 26.8 Å². The number of nitrogen functional groups attached to an aromatic ring is 1. The molecule has 2 nitrogen and oxygen atoms in total. The van der Waals surface area contributed by atoms with Crippen LogP contribution in [0.3, 0.4) is 0 Å². The Morgan fingerprint density at radius 1 is 1.24 bits per heavy atom. The van der Waals surface area contributed by atoms with E-state index in [0.29, 0.717) is 5.69 Å². The lowest BCUT2D eigenvalue weighted by Gasteiger charge is -2.20. The van der Waals surface area contributed by atoms with Gasteiger partial charge in [-0.05, 0) is 29.0 Å². The van der Waals surface area contributed by atoms with E-state index in [1.807, 2.05) is 19.9 Å². The molecule has 1 aromatic rings. The maximum Gasteiger partial charge on any atom is 0.171 e. The van der Waals surface area contributed by atoms with Crippen LogP contribution >= 0.6 is 0 Å². The minimum atomic E-state index is -0.299. The Bertz CT molecular complexity index is 492. The summed E-state index contributed by atoms with van der Waals surface area (Å²) in [6, 6.07) is 4.11. The minimum absolute atomic E-state index is 0.0684. The SMILES string of the molecule is CC1(C)Cc2cc(C(C)(C)C)cc(N)c2C1=O. The van der Waals surface area contributed by atoms with Crippen molar-refractivity contribution in [1.29, 1.82) is 0 Å². The molecular weight excluding hydrogens is 210 g/mol. The average Bonchev–Trinajstić information content (AvgIpc) is 2.36. The molecule has 0 fully saturated rings. The molecule has 1 aromatic carbocycles. The fourth-order valence-electron chi connectivity index (χ4n) is 2.47. The third-order valence-corrected chi connectivity index (χ3v) is 3.59. The molecule has 0 saturated heterocycles. The van der Waals surface area contributed by atoms with Gasteiger partial charge in [-0.25, -0.2) is 0 Å². The minimum Gasteiger partial charge on any atom is -0.398 e. The van der Waals surface area contributed by atoms with Gasteiger partial charge >= 0.3 is 0 Å². The number of fused-ring (bicyclic) bond motifs is 1. The molecule has 1 aliphatic carbocycles. The highest BCUT2D eigenvalue weighted by Gasteiger charge is 2.39. The maximum absolute atomic E-state index is 12.2. The number of carbonyl (C=O) groups excluding carboxylic acids is 1. The van der Waals surface area contributed by atoms with Crippen molar-refractivity contribution < 1.29 is 4.79 Å². The average molecular weight is 231 g/mol. The Balaban J connectivity index is 2.61. The summed E-state index contributed by atoms with van der Waals surface area (Å²) in [4.78, 5) is 12.2. The van der Waals surface area contributed by atoms with E-state index >= 15 is 0 Å². The van der Waals surface area contributed by atoms with Crippen LogP contribution in [0.2, 0.25) is 0 Å². The zero-order chi connectivity index (χ0) is 13.0. The van der Waals surface area contributed by atoms with Gasteiger partial charge in [-0.2, -0.15) is 0 Å². The quantitative estimate of drug-likeness (QED) is 0.696. The summed E-state index contributed by atoms with van der Waals surface area (Å²) in [5.74, 6) is 0.186. The molecule has 0 aromatic heterocycles. The van der Waals surface area contributed by atoms with E-state index in [9.17, 15) is 4.79 Å². The van der Waals surface area contributed by atoms with E-state index in [-0.39, 0.29) is 16.6 Å². The summed E-state index contributed by atoms with van der Waals surface area (Å²) < 4.78 is 0. The number of hydrogen-bond acceptors (Lipinski definition) is 2. The Hall–Kier alpha value is -1.31. The molecule has 2 rings (SSSR count). The number of nitrogens with two attached hydrogens (primary N) is 1. The van der Waals surface area contributed by atoms with Gasteiger partial charge in [0.25, 0.3) is 0 Å². The molecule has 0 radical (unpaired) electrons. The normalized spacial score (nSPS) is 18.3. The summed E-state index contributed by atoms with van der Waals surface area (Å²) in [7, 11) is 0. The third-order valence-electron chi connectivity index (χ3n) is 3.59. The van der Waals surface area contributed by atoms with Gasteiger partial charge in [0.1, 0.15) is 0 Å². The van der Waals surface area contributed by atoms with Crippen LogP contribution in [-0.4, -0.2) is 5.78 Å². The highest BCUT2D eigenvalue weighted by molar-refractivity contribution is 6.08. The highest BCUT2D eigenvalue weighted by atomic mass is 16.1. The number of benzene rings is 1. The van der Waals surface area contributed by atoms with Gasteiger partial charge in [0, 0.05) is 16.7 Å². The Kier molecular flexibility index (Phi) is 2.39. The van der Waals surface area contributed by atoms with Gasteiger partial charge in [0.15, 0.2) is 5.78 Å². The molecule has 0 unspecified atom stereocenters. The molecule has 92 valence electrons. The molecule has 0 aliphatic heterocycles. The predicted octanol–water partition coefficient (Wildman–Crippen LogP) is 3.33. The molecule has 17 heavy (non-hydrogen) atoms. The van der Waals surface area contributed by atoms with Crippen molar-refractivity contribution in [2.24, 2.45) is 5.41 Å². The van der Waals surface area contributed by atoms with Gasteiger partial charge in [-0.3, -0.25) is 4.79 Å². The monoisotopic (exact) mass is 231 g/mol. The lowest BCUT2D eigenvalue weighted by atomic mass is 9.85. The van der Waals surface area contributed by atoms with Crippen LogP contribution in [0.1, 0.15) is 56.1 Å². The topological polar surface area (TPSA) is 43.1 Å². The lowest BCUT2D eigenvalue weighted by molar-refractivity contribution is 0.0864. The molecule has 0 spiro atoms. The van der Waals surface area contributed by atoms with Crippen molar-refractivity contribution in [2.45, 2.75) is 46.5 Å². The fourth-order valence-corrected chi connectivity index (χ4v) is 2.47. The molecule has 2 heteroatoms. The van der Waals surface area contributed by atoms with Crippen molar-refractivity contribution in [3.8, 4) is 0 Å². The van der Waals surface area contributed by atoms with E-state index in [1.165, 1.54) is 5.56 Å². The van der Waals surface area contributed by atoms with Gasteiger partial charge in [-0.1, -0.05) is 40.7 Å². The van der Waals surface area contributed by atoms with Crippen molar-refractivity contribution in [2.75, 3.05) is 5.73 Å². The molecule has 1 aliphatic rings. The zero-order valence-electron chi connectivity index (χ0n) is 11.3. The first-order valence-corrected chi connectivity index (χ1v) is 6.10. The summed E-state index contributed by atoms with van der Waals surface area (Å²) in [5, 5.41) is 0. The number of carbonyl (C=O) groups is 1. The summed E-state index contributed by atoms with van der Waals surface area (Å²) >= 11 is 0. The number of rotatable bonds is 0.